The van der Waals surface area contributed by atoms with Gasteiger partial charge < -0.3 is 0 Å². The topological polar surface area (TPSA) is 60.2 Å². The van der Waals surface area contributed by atoms with E-state index in [0.717, 1.165) is 18.4 Å². The number of hydrogen-bond acceptors (Lipinski definition) is 3. The van der Waals surface area contributed by atoms with Gasteiger partial charge in [0.2, 0.25) is 0 Å². The summed E-state index contributed by atoms with van der Waals surface area (Å²) in [6.07, 6.45) is 2.60. The average molecular weight is 283 g/mol. The Balaban J connectivity index is 1.78. The van der Waals surface area contributed by atoms with Crippen LogP contribution >= 0.6 is 0 Å². The van der Waals surface area contributed by atoms with Crippen LogP contribution in [0.25, 0.3) is 0 Å². The highest BCUT2D eigenvalue weighted by Crippen LogP contribution is 2.13. The zero-order chi connectivity index (χ0) is 15.1. The number of nitro benzene ring substituents is 1. The van der Waals surface area contributed by atoms with Crippen molar-refractivity contribution in [3.8, 4) is 0 Å². The van der Waals surface area contributed by atoms with E-state index in [9.17, 15) is 14.9 Å². The van der Waals surface area contributed by atoms with Gasteiger partial charge in [0.1, 0.15) is 5.78 Å². The van der Waals surface area contributed by atoms with Crippen molar-refractivity contribution in [2.75, 3.05) is 0 Å². The van der Waals surface area contributed by atoms with Gasteiger partial charge in [0, 0.05) is 25.0 Å². The number of nitrogens with zero attached hydrogens (tertiary/aromatic N) is 1. The number of carbonyl (C=O) groups is 1. The van der Waals surface area contributed by atoms with Crippen molar-refractivity contribution >= 4 is 11.5 Å². The molecule has 0 saturated heterocycles. The molecule has 0 aromatic heterocycles. The molecule has 0 heterocycles. The van der Waals surface area contributed by atoms with E-state index in [1.807, 2.05) is 18.2 Å². The molecular weight excluding hydrogens is 266 g/mol. The first-order valence-corrected chi connectivity index (χ1v) is 6.94. The maximum atomic E-state index is 11.9. The molecule has 0 unspecified atom stereocenters. The molecule has 0 aliphatic rings. The Morgan fingerprint density at radius 3 is 2.24 bits per heavy atom. The Kier molecular flexibility index (Phi) is 5.21. The van der Waals surface area contributed by atoms with E-state index < -0.39 is 4.92 Å². The van der Waals surface area contributed by atoms with E-state index in [4.69, 9.17) is 0 Å². The van der Waals surface area contributed by atoms with E-state index in [-0.39, 0.29) is 11.5 Å². The largest absolute Gasteiger partial charge is 0.299 e. The fraction of sp³-hybridized carbons (Fsp3) is 0.235. The first-order chi connectivity index (χ1) is 10.1. The normalized spacial score (nSPS) is 10.3. The number of ketones is 1. The molecule has 0 saturated carbocycles. The van der Waals surface area contributed by atoms with Crippen molar-refractivity contribution in [3.05, 3.63) is 75.8 Å². The number of benzene rings is 2. The standard InChI is InChI=1S/C17H17NO3/c19-17(8-4-7-14-5-2-1-3-6-14)13-15-9-11-16(12-10-15)18(20)21/h1-3,5-6,9-12H,4,7-8,13H2. The SMILES string of the molecule is O=C(CCCc1ccccc1)Cc1ccc([N+](=O)[O-])cc1. The summed E-state index contributed by atoms with van der Waals surface area (Å²) >= 11 is 0. The Morgan fingerprint density at radius 2 is 1.62 bits per heavy atom. The summed E-state index contributed by atoms with van der Waals surface area (Å²) in [6.45, 7) is 0. The van der Waals surface area contributed by atoms with Gasteiger partial charge >= 0.3 is 0 Å². The zero-order valence-electron chi connectivity index (χ0n) is 11.7. The Bertz CT molecular complexity index is 606. The summed E-state index contributed by atoms with van der Waals surface area (Å²) in [4.78, 5) is 22.0. The predicted molar refractivity (Wildman–Crippen MR) is 81.2 cm³/mol. The number of nitro groups is 1. The summed E-state index contributed by atoms with van der Waals surface area (Å²) < 4.78 is 0. The minimum absolute atomic E-state index is 0.0512. The van der Waals surface area contributed by atoms with Crippen LogP contribution in [0.4, 0.5) is 5.69 Å². The molecule has 4 nitrogen and oxygen atoms in total. The van der Waals surface area contributed by atoms with Gasteiger partial charge in [0.25, 0.3) is 5.69 Å². The van der Waals surface area contributed by atoms with Crippen molar-refractivity contribution in [3.63, 3.8) is 0 Å². The average Bonchev–Trinajstić information content (AvgIpc) is 2.49. The second kappa shape index (κ2) is 7.33. The van der Waals surface area contributed by atoms with Crippen LogP contribution in [0, 0.1) is 10.1 Å². The third-order valence-corrected chi connectivity index (χ3v) is 3.31. The fourth-order valence-electron chi connectivity index (χ4n) is 2.19. The van der Waals surface area contributed by atoms with Gasteiger partial charge in [-0.3, -0.25) is 14.9 Å². The molecule has 0 amide bonds. The Morgan fingerprint density at radius 1 is 0.952 bits per heavy atom. The Labute approximate surface area is 123 Å². The molecule has 4 heteroatoms. The van der Waals surface area contributed by atoms with Crippen LogP contribution in [0.1, 0.15) is 24.0 Å². The highest BCUT2D eigenvalue weighted by molar-refractivity contribution is 5.80. The number of Topliss-reactive ketones (excluding diaryl/α,β-unsaturated/α-hetero) is 1. The van der Waals surface area contributed by atoms with Gasteiger partial charge in [0.05, 0.1) is 4.92 Å². The van der Waals surface area contributed by atoms with Gasteiger partial charge in [-0.1, -0.05) is 42.5 Å². The molecule has 2 rings (SSSR count). The zero-order valence-corrected chi connectivity index (χ0v) is 11.7. The molecule has 0 radical (unpaired) electrons. The van der Waals surface area contributed by atoms with Crippen molar-refractivity contribution < 1.29 is 9.72 Å². The minimum Gasteiger partial charge on any atom is -0.299 e. The van der Waals surface area contributed by atoms with Crippen LogP contribution in [0.15, 0.2) is 54.6 Å². The second-order valence-corrected chi connectivity index (χ2v) is 4.98. The number of rotatable bonds is 7. The molecule has 0 fully saturated rings. The van der Waals surface area contributed by atoms with Crippen LogP contribution in [-0.4, -0.2) is 10.7 Å². The van der Waals surface area contributed by atoms with Crippen molar-refractivity contribution in [2.24, 2.45) is 0 Å². The van der Waals surface area contributed by atoms with Crippen molar-refractivity contribution in [1.82, 2.24) is 0 Å². The lowest BCUT2D eigenvalue weighted by Gasteiger charge is -2.02. The second-order valence-electron chi connectivity index (χ2n) is 4.98. The van der Waals surface area contributed by atoms with Crippen molar-refractivity contribution in [2.45, 2.75) is 25.7 Å². The van der Waals surface area contributed by atoms with E-state index in [0.29, 0.717) is 12.8 Å². The van der Waals surface area contributed by atoms with Crippen LogP contribution in [0.3, 0.4) is 0 Å². The number of hydrogen-bond donors (Lipinski definition) is 0. The van der Waals surface area contributed by atoms with E-state index in [1.54, 1.807) is 12.1 Å². The summed E-state index contributed by atoms with van der Waals surface area (Å²) in [5.74, 6) is 0.166. The van der Waals surface area contributed by atoms with Gasteiger partial charge in [-0.05, 0) is 24.0 Å². The molecule has 0 atom stereocenters. The van der Waals surface area contributed by atoms with E-state index in [1.165, 1.54) is 17.7 Å². The summed E-state index contributed by atoms with van der Waals surface area (Å²) in [5.41, 5.74) is 2.11. The monoisotopic (exact) mass is 283 g/mol. The molecule has 21 heavy (non-hydrogen) atoms. The highest BCUT2D eigenvalue weighted by atomic mass is 16.6. The Hall–Kier alpha value is -2.49. The first kappa shape index (κ1) is 14.9. The lowest BCUT2D eigenvalue weighted by atomic mass is 10.0. The number of carbonyl (C=O) groups excluding carboxylic acids is 1. The summed E-state index contributed by atoms with van der Waals surface area (Å²) in [6, 6.07) is 16.2. The molecule has 108 valence electrons. The predicted octanol–water partition coefficient (Wildman–Crippen LogP) is 3.73. The fourth-order valence-corrected chi connectivity index (χ4v) is 2.19. The molecule has 0 N–H and O–H groups in total. The van der Waals surface area contributed by atoms with Crippen LogP contribution in [0.2, 0.25) is 0 Å². The molecule has 0 spiro atoms. The van der Waals surface area contributed by atoms with E-state index >= 15 is 0 Å². The third kappa shape index (κ3) is 4.84. The van der Waals surface area contributed by atoms with Crippen LogP contribution < -0.4 is 0 Å². The smallest absolute Gasteiger partial charge is 0.269 e. The lowest BCUT2D eigenvalue weighted by molar-refractivity contribution is -0.384. The first-order valence-electron chi connectivity index (χ1n) is 6.94. The third-order valence-electron chi connectivity index (χ3n) is 3.31. The molecular formula is C17H17NO3. The number of aryl methyl sites for hydroxylation is 1. The van der Waals surface area contributed by atoms with Gasteiger partial charge in [0.15, 0.2) is 0 Å². The molecule has 0 aliphatic carbocycles. The molecule has 2 aromatic carbocycles. The van der Waals surface area contributed by atoms with Gasteiger partial charge in [-0.2, -0.15) is 0 Å². The maximum Gasteiger partial charge on any atom is 0.269 e. The number of non-ortho nitro benzene ring substituents is 1. The summed E-state index contributed by atoms with van der Waals surface area (Å²) in [7, 11) is 0. The quantitative estimate of drug-likeness (QED) is 0.574. The molecule has 0 aliphatic heterocycles. The van der Waals surface area contributed by atoms with Crippen LogP contribution in [0.5, 0.6) is 0 Å². The van der Waals surface area contributed by atoms with Crippen LogP contribution in [-0.2, 0) is 17.6 Å². The summed E-state index contributed by atoms with van der Waals surface area (Å²) in [5, 5.41) is 10.5. The molecule has 0 bridgehead atoms. The van der Waals surface area contributed by atoms with Gasteiger partial charge in [-0.25, -0.2) is 0 Å². The minimum atomic E-state index is -0.439. The van der Waals surface area contributed by atoms with Crippen molar-refractivity contribution in [1.29, 1.82) is 0 Å². The van der Waals surface area contributed by atoms with E-state index in [2.05, 4.69) is 12.1 Å². The maximum absolute atomic E-state index is 11.9. The lowest BCUT2D eigenvalue weighted by Crippen LogP contribution is -2.03. The highest BCUT2D eigenvalue weighted by Gasteiger charge is 2.07. The molecule has 2 aromatic rings. The van der Waals surface area contributed by atoms with Gasteiger partial charge in [-0.15, -0.1) is 0 Å².